The zero-order valence-corrected chi connectivity index (χ0v) is 11.5. The van der Waals surface area contributed by atoms with Gasteiger partial charge in [0, 0.05) is 6.54 Å². The van der Waals surface area contributed by atoms with Crippen LogP contribution in [0, 0.1) is 11.2 Å². The Morgan fingerprint density at radius 2 is 1.89 bits per heavy atom. The van der Waals surface area contributed by atoms with Crippen molar-refractivity contribution in [1.82, 2.24) is 5.32 Å². The average molecular weight is 268 g/mol. The van der Waals surface area contributed by atoms with Crippen molar-refractivity contribution >= 4 is 5.91 Å². The van der Waals surface area contributed by atoms with Gasteiger partial charge < -0.3 is 16.2 Å². The number of rotatable bonds is 4. The minimum atomic E-state index is -0.878. The van der Waals surface area contributed by atoms with E-state index >= 15 is 0 Å². The number of benzene rings is 1. The molecule has 1 rings (SSSR count). The molecule has 1 unspecified atom stereocenters. The monoisotopic (exact) mass is 268 g/mol. The summed E-state index contributed by atoms with van der Waals surface area (Å²) in [4.78, 5) is 11.8. The zero-order valence-electron chi connectivity index (χ0n) is 11.5. The van der Waals surface area contributed by atoms with E-state index in [4.69, 9.17) is 5.73 Å². The van der Waals surface area contributed by atoms with Crippen LogP contribution in [-0.2, 0) is 4.79 Å². The van der Waals surface area contributed by atoms with Gasteiger partial charge in [-0.1, -0.05) is 32.9 Å². The van der Waals surface area contributed by atoms with Crippen LogP contribution in [0.15, 0.2) is 24.3 Å². The first-order chi connectivity index (χ1) is 8.71. The predicted molar refractivity (Wildman–Crippen MR) is 71.8 cm³/mol. The maximum absolute atomic E-state index is 12.7. The number of hydrogen-bond acceptors (Lipinski definition) is 3. The summed E-state index contributed by atoms with van der Waals surface area (Å²) in [7, 11) is 0. The number of nitrogens with two attached hydrogens (primary N) is 1. The summed E-state index contributed by atoms with van der Waals surface area (Å²) in [6, 6.07) is 4.85. The third-order valence-electron chi connectivity index (χ3n) is 2.94. The Hall–Kier alpha value is -1.46. The van der Waals surface area contributed by atoms with E-state index in [0.29, 0.717) is 5.56 Å². The normalized spacial score (nSPS) is 14.8. The molecule has 19 heavy (non-hydrogen) atoms. The molecule has 0 bridgehead atoms. The van der Waals surface area contributed by atoms with E-state index in [0.717, 1.165) is 0 Å². The van der Waals surface area contributed by atoms with E-state index in [1.165, 1.54) is 24.3 Å². The molecule has 106 valence electrons. The van der Waals surface area contributed by atoms with E-state index in [-0.39, 0.29) is 23.7 Å². The fourth-order valence-corrected chi connectivity index (χ4v) is 1.50. The Labute approximate surface area is 112 Å². The Morgan fingerprint density at radius 3 is 2.37 bits per heavy atom. The number of halogens is 1. The van der Waals surface area contributed by atoms with Crippen LogP contribution in [0.5, 0.6) is 0 Å². The Morgan fingerprint density at radius 1 is 1.37 bits per heavy atom. The van der Waals surface area contributed by atoms with Crippen molar-refractivity contribution in [2.75, 3.05) is 6.54 Å². The summed E-state index contributed by atoms with van der Waals surface area (Å²) in [5.74, 6) is -0.677. The Balaban J connectivity index is 2.53. The second-order valence-corrected chi connectivity index (χ2v) is 5.66. The highest BCUT2D eigenvalue weighted by atomic mass is 19.1. The van der Waals surface area contributed by atoms with Crippen molar-refractivity contribution in [3.63, 3.8) is 0 Å². The van der Waals surface area contributed by atoms with Gasteiger partial charge in [-0.2, -0.15) is 0 Å². The molecule has 0 aromatic heterocycles. The minimum absolute atomic E-state index is 0.0498. The highest BCUT2D eigenvalue weighted by molar-refractivity contribution is 5.82. The molecule has 5 heteroatoms. The smallest absolute Gasteiger partial charge is 0.237 e. The van der Waals surface area contributed by atoms with Crippen LogP contribution >= 0.6 is 0 Å². The highest BCUT2D eigenvalue weighted by Gasteiger charge is 2.27. The van der Waals surface area contributed by atoms with Crippen molar-refractivity contribution in [1.29, 1.82) is 0 Å². The first-order valence-corrected chi connectivity index (χ1v) is 6.18. The van der Waals surface area contributed by atoms with Crippen LogP contribution < -0.4 is 11.1 Å². The second kappa shape index (κ2) is 6.12. The molecule has 0 radical (unpaired) electrons. The summed E-state index contributed by atoms with van der Waals surface area (Å²) >= 11 is 0. The lowest BCUT2D eigenvalue weighted by Crippen LogP contribution is -2.49. The summed E-state index contributed by atoms with van der Waals surface area (Å²) < 4.78 is 12.7. The molecule has 0 fully saturated rings. The van der Waals surface area contributed by atoms with E-state index in [1.54, 1.807) is 0 Å². The molecule has 2 atom stereocenters. The molecule has 1 aromatic rings. The number of nitrogens with one attached hydrogen (secondary N) is 1. The number of carbonyl (C=O) groups is 1. The highest BCUT2D eigenvalue weighted by Crippen LogP contribution is 2.17. The first-order valence-electron chi connectivity index (χ1n) is 6.18. The van der Waals surface area contributed by atoms with Gasteiger partial charge in [0.2, 0.25) is 5.91 Å². The van der Waals surface area contributed by atoms with Gasteiger partial charge in [0.25, 0.3) is 0 Å². The average Bonchev–Trinajstić information content (AvgIpc) is 2.34. The fraction of sp³-hybridized carbons (Fsp3) is 0.500. The van der Waals surface area contributed by atoms with Gasteiger partial charge >= 0.3 is 0 Å². The SMILES string of the molecule is CC(C)(C)[C@H](N)C(=O)NCC(O)c1ccc(F)cc1. The Kier molecular flexibility index (Phi) is 5.03. The molecule has 0 spiro atoms. The molecule has 0 saturated carbocycles. The van der Waals surface area contributed by atoms with Gasteiger partial charge in [-0.25, -0.2) is 4.39 Å². The molecule has 0 aliphatic rings. The number of carbonyl (C=O) groups excluding carboxylic acids is 1. The fourth-order valence-electron chi connectivity index (χ4n) is 1.50. The van der Waals surface area contributed by atoms with Crippen LogP contribution in [-0.4, -0.2) is 23.6 Å². The van der Waals surface area contributed by atoms with E-state index in [2.05, 4.69) is 5.32 Å². The number of aliphatic hydroxyl groups excluding tert-OH is 1. The molecular formula is C14H21FN2O2. The van der Waals surface area contributed by atoms with Gasteiger partial charge in [-0.3, -0.25) is 4.79 Å². The lowest BCUT2D eigenvalue weighted by atomic mass is 9.87. The molecule has 4 nitrogen and oxygen atoms in total. The molecular weight excluding hydrogens is 247 g/mol. The molecule has 1 amide bonds. The lowest BCUT2D eigenvalue weighted by Gasteiger charge is -2.26. The van der Waals surface area contributed by atoms with Crippen molar-refractivity contribution < 1.29 is 14.3 Å². The van der Waals surface area contributed by atoms with Gasteiger partial charge in [-0.15, -0.1) is 0 Å². The maximum Gasteiger partial charge on any atom is 0.237 e. The van der Waals surface area contributed by atoms with Crippen molar-refractivity contribution in [2.24, 2.45) is 11.1 Å². The molecule has 1 aromatic carbocycles. The largest absolute Gasteiger partial charge is 0.387 e. The van der Waals surface area contributed by atoms with Gasteiger partial charge in [-0.05, 0) is 23.1 Å². The van der Waals surface area contributed by atoms with E-state index in [1.807, 2.05) is 20.8 Å². The van der Waals surface area contributed by atoms with Crippen molar-refractivity contribution in [2.45, 2.75) is 32.9 Å². The molecule has 0 aliphatic heterocycles. The third kappa shape index (κ3) is 4.61. The summed E-state index contributed by atoms with van der Waals surface area (Å²) in [5, 5.41) is 12.5. The Bertz CT molecular complexity index is 426. The number of amides is 1. The summed E-state index contributed by atoms with van der Waals surface area (Å²) in [5.41, 5.74) is 6.00. The summed E-state index contributed by atoms with van der Waals surface area (Å²) in [6.07, 6.45) is -0.878. The number of hydrogen-bond donors (Lipinski definition) is 3. The standard InChI is InChI=1S/C14H21FN2O2/c1-14(2,3)12(16)13(19)17-8-11(18)9-4-6-10(15)7-5-9/h4-7,11-12,18H,8,16H2,1-3H3,(H,17,19)/t11?,12-/m1/s1. The lowest BCUT2D eigenvalue weighted by molar-refractivity contribution is -0.125. The quantitative estimate of drug-likeness (QED) is 0.771. The van der Waals surface area contributed by atoms with Crippen LogP contribution in [0.1, 0.15) is 32.4 Å². The second-order valence-electron chi connectivity index (χ2n) is 5.66. The van der Waals surface area contributed by atoms with Crippen LogP contribution in [0.2, 0.25) is 0 Å². The van der Waals surface area contributed by atoms with Gasteiger partial charge in [0.05, 0.1) is 12.1 Å². The van der Waals surface area contributed by atoms with E-state index in [9.17, 15) is 14.3 Å². The molecule has 0 aliphatic carbocycles. The first kappa shape index (κ1) is 15.6. The topological polar surface area (TPSA) is 75.4 Å². The van der Waals surface area contributed by atoms with Crippen molar-refractivity contribution in [3.8, 4) is 0 Å². The molecule has 4 N–H and O–H groups in total. The van der Waals surface area contributed by atoms with E-state index < -0.39 is 12.1 Å². The van der Waals surface area contributed by atoms with Gasteiger partial charge in [0.15, 0.2) is 0 Å². The van der Waals surface area contributed by atoms with Gasteiger partial charge in [0.1, 0.15) is 5.82 Å². The predicted octanol–water partition coefficient (Wildman–Crippen LogP) is 1.35. The molecule has 0 heterocycles. The maximum atomic E-state index is 12.7. The summed E-state index contributed by atoms with van der Waals surface area (Å²) in [6.45, 7) is 5.66. The number of aliphatic hydroxyl groups is 1. The van der Waals surface area contributed by atoms with Crippen LogP contribution in [0.4, 0.5) is 4.39 Å². The van der Waals surface area contributed by atoms with Crippen LogP contribution in [0.3, 0.4) is 0 Å². The molecule has 0 saturated heterocycles. The van der Waals surface area contributed by atoms with Crippen molar-refractivity contribution in [3.05, 3.63) is 35.6 Å². The third-order valence-corrected chi connectivity index (χ3v) is 2.94. The minimum Gasteiger partial charge on any atom is -0.387 e. The van der Waals surface area contributed by atoms with Crippen LogP contribution in [0.25, 0.3) is 0 Å². The zero-order chi connectivity index (χ0) is 14.6.